The van der Waals surface area contributed by atoms with Crippen molar-refractivity contribution in [2.24, 2.45) is 0 Å². The summed E-state index contributed by atoms with van der Waals surface area (Å²) in [5.74, 6) is 1.75. The van der Waals surface area contributed by atoms with Gasteiger partial charge in [-0.2, -0.15) is 0 Å². The van der Waals surface area contributed by atoms with Gasteiger partial charge in [-0.15, -0.1) is 0 Å². The maximum Gasteiger partial charge on any atom is 0 e. The molecule has 0 bridgehead atoms. The van der Waals surface area contributed by atoms with Crippen LogP contribution >= 0.6 is 0 Å². The van der Waals surface area contributed by atoms with E-state index in [4.69, 9.17) is 0 Å². The maximum atomic E-state index is 3.25. The molecule has 0 radical (unpaired) electrons. The molecule has 0 aromatic heterocycles. The summed E-state index contributed by atoms with van der Waals surface area (Å²) < 4.78 is 0. The van der Waals surface area contributed by atoms with Crippen LogP contribution < -0.4 is 0 Å². The van der Waals surface area contributed by atoms with Crippen LogP contribution in [0.1, 0.15) is 0 Å². The van der Waals surface area contributed by atoms with Crippen LogP contribution in [0.4, 0.5) is 0 Å². The largest absolute Gasteiger partial charge is 0 e. The Morgan fingerprint density at radius 3 is 1.25 bits per heavy atom. The zero-order chi connectivity index (χ0) is 2.00. The first-order valence-electron chi connectivity index (χ1n) is 0.354. The maximum absolute atomic E-state index is 3.25. The average molecular weight is 179 g/mol. The molecule has 3 heteroatoms. The summed E-state index contributed by atoms with van der Waals surface area (Å²) in [7, 11) is 0. The van der Waals surface area contributed by atoms with Crippen molar-refractivity contribution < 1.29 is 50.4 Å². The smallest absolute Gasteiger partial charge is 0 e. The zero-order valence-electron chi connectivity index (χ0n) is 2.12. The molecule has 0 aliphatic heterocycles. The van der Waals surface area contributed by atoms with Crippen LogP contribution in [-0.4, -0.2) is 0 Å². The van der Waals surface area contributed by atoms with Gasteiger partial charge in [0.05, 0.1) is 0 Å². The van der Waals surface area contributed by atoms with E-state index in [9.17, 15) is 0 Å². The van der Waals surface area contributed by atoms with Crippen LogP contribution in [0.2, 0.25) is 5.82 Å². The minimum absolute atomic E-state index is 0. The zero-order valence-corrected chi connectivity index (χ0v) is 5.60. The second-order valence-electron chi connectivity index (χ2n) is 0. The van der Waals surface area contributed by atoms with Crippen molar-refractivity contribution in [2.75, 3.05) is 0 Å². The van der Waals surface area contributed by atoms with Gasteiger partial charge in [0.2, 0.25) is 0 Å². The summed E-state index contributed by atoms with van der Waals surface area (Å²) in [6, 6.07) is 0. The molecule has 0 heterocycles. The van der Waals surface area contributed by atoms with E-state index >= 15 is 0 Å². The van der Waals surface area contributed by atoms with E-state index in [1.807, 2.05) is 0 Å². The summed E-state index contributed by atoms with van der Waals surface area (Å²) in [6.07, 6.45) is 0. The second-order valence-corrected chi connectivity index (χ2v) is 0. The second kappa shape index (κ2) is 23.6. The van der Waals surface area contributed by atoms with Gasteiger partial charge in [-0.3, -0.25) is 0 Å². The van der Waals surface area contributed by atoms with E-state index in [1.54, 1.807) is 5.82 Å². The molecule has 0 rings (SSSR count). The normalized spacial score (nSPS) is 1.50. The molecule has 0 atom stereocenters. The Morgan fingerprint density at radius 2 is 1.25 bits per heavy atom. The van der Waals surface area contributed by atoms with E-state index in [1.165, 1.54) is 0 Å². The predicted octanol–water partition coefficient (Wildman–Crippen LogP) is 0.576. The van der Waals surface area contributed by atoms with Gasteiger partial charge in [0, 0.05) is 34.4 Å². The van der Waals surface area contributed by atoms with Crippen molar-refractivity contribution in [3.8, 4) is 0 Å². The SMILES string of the molecule is [CH3][Fe].[Cr].[Fe]. The summed E-state index contributed by atoms with van der Waals surface area (Å²) in [6.45, 7) is 0. The summed E-state index contributed by atoms with van der Waals surface area (Å²) in [5.41, 5.74) is 0. The molecule has 4 heavy (non-hydrogen) atoms. The van der Waals surface area contributed by atoms with Gasteiger partial charge in [-0.25, -0.2) is 0 Å². The Labute approximate surface area is 56.1 Å². The van der Waals surface area contributed by atoms with Gasteiger partial charge in [-0.05, 0) is 0 Å². The molecular formula is CH3CrFe2. The van der Waals surface area contributed by atoms with Gasteiger partial charge in [0.15, 0.2) is 0 Å². The van der Waals surface area contributed by atoms with Crippen LogP contribution in [-0.2, 0) is 50.4 Å². The van der Waals surface area contributed by atoms with Gasteiger partial charge in [-0.1, -0.05) is 0 Å². The van der Waals surface area contributed by atoms with E-state index in [0.717, 1.165) is 0 Å². The molecule has 29 valence electrons. The summed E-state index contributed by atoms with van der Waals surface area (Å²) in [5, 5.41) is 0. The third-order valence-electron chi connectivity index (χ3n) is 0. The van der Waals surface area contributed by atoms with E-state index < -0.39 is 0 Å². The fraction of sp³-hybridized carbons (Fsp3) is 1.00. The van der Waals surface area contributed by atoms with Crippen LogP contribution in [0.5, 0.6) is 0 Å². The number of rotatable bonds is 0. The molecule has 0 aromatic carbocycles. The van der Waals surface area contributed by atoms with Gasteiger partial charge < -0.3 is 0 Å². The average Bonchev–Trinajstić information content (AvgIpc) is 1.00. The summed E-state index contributed by atoms with van der Waals surface area (Å²) >= 11 is 3.25. The molecule has 0 aliphatic rings. The van der Waals surface area contributed by atoms with E-state index in [2.05, 4.69) is 16.0 Å². The summed E-state index contributed by atoms with van der Waals surface area (Å²) in [4.78, 5) is 0. The molecule has 0 N–H and O–H groups in total. The van der Waals surface area contributed by atoms with Crippen LogP contribution in [0, 0.1) is 0 Å². The molecule has 0 saturated carbocycles. The van der Waals surface area contributed by atoms with Crippen molar-refractivity contribution in [2.45, 2.75) is 5.82 Å². The van der Waals surface area contributed by atoms with Gasteiger partial charge in [0.25, 0.3) is 0 Å². The molecule has 0 aliphatic carbocycles. The van der Waals surface area contributed by atoms with Crippen molar-refractivity contribution in [1.29, 1.82) is 0 Å². The molecule has 0 nitrogen and oxygen atoms in total. The Bertz CT molecular complexity index is 6.00. The van der Waals surface area contributed by atoms with E-state index in [-0.39, 0.29) is 34.4 Å². The quantitative estimate of drug-likeness (QED) is 0.476. The fourth-order valence-corrected chi connectivity index (χ4v) is 0. The van der Waals surface area contributed by atoms with E-state index in [0.29, 0.717) is 0 Å². The van der Waals surface area contributed by atoms with Crippen molar-refractivity contribution in [1.82, 2.24) is 0 Å². The predicted molar refractivity (Wildman–Crippen MR) is 5.86 cm³/mol. The molecule has 0 amide bonds. The monoisotopic (exact) mass is 179 g/mol. The van der Waals surface area contributed by atoms with Crippen LogP contribution in [0.15, 0.2) is 0 Å². The van der Waals surface area contributed by atoms with Gasteiger partial charge >= 0.3 is 21.8 Å². The van der Waals surface area contributed by atoms with Crippen molar-refractivity contribution in [3.05, 3.63) is 0 Å². The van der Waals surface area contributed by atoms with Crippen LogP contribution in [0.3, 0.4) is 0 Å². The Hall–Kier alpha value is 1.57. The minimum atomic E-state index is 0. The topological polar surface area (TPSA) is 0 Å². The van der Waals surface area contributed by atoms with Crippen LogP contribution in [0.25, 0.3) is 0 Å². The third kappa shape index (κ3) is 9.56. The Morgan fingerprint density at radius 1 is 1.25 bits per heavy atom. The van der Waals surface area contributed by atoms with Crippen molar-refractivity contribution in [3.63, 3.8) is 0 Å². The third-order valence-corrected chi connectivity index (χ3v) is 0. The Kier molecular flexibility index (Phi) is 104. The van der Waals surface area contributed by atoms with Crippen molar-refractivity contribution >= 4 is 0 Å². The first-order chi connectivity index (χ1) is 1.00. The first-order valence-corrected chi connectivity index (χ1v) is 1.46. The number of hydrogen-bond acceptors (Lipinski definition) is 0. The Balaban J connectivity index is -0.00000000500. The fourth-order valence-electron chi connectivity index (χ4n) is 0. The number of hydrogen-bond donors (Lipinski definition) is 0. The molecule has 0 spiro atoms. The molecule has 0 unspecified atom stereocenters. The minimum Gasteiger partial charge on any atom is 0 e. The standard InChI is InChI=1S/CH3.Cr.2Fe/h1H3;;;. The molecule has 0 saturated heterocycles. The molecule has 0 aromatic rings. The van der Waals surface area contributed by atoms with Gasteiger partial charge in [0.1, 0.15) is 0 Å². The first kappa shape index (κ1) is 17.6. The molecule has 0 fully saturated rings. The molecular weight excluding hydrogens is 176 g/mol.